The van der Waals surface area contributed by atoms with Gasteiger partial charge < -0.3 is 24.2 Å². The fourth-order valence-corrected chi connectivity index (χ4v) is 5.47. The van der Waals surface area contributed by atoms with Crippen LogP contribution in [0.1, 0.15) is 47.7 Å². The molecule has 2 heterocycles. The summed E-state index contributed by atoms with van der Waals surface area (Å²) in [6.45, 7) is 6.64. The van der Waals surface area contributed by atoms with E-state index in [4.69, 9.17) is 14.2 Å². The van der Waals surface area contributed by atoms with Crippen LogP contribution in [0.25, 0.3) is 0 Å². The molecule has 4 unspecified atom stereocenters. The standard InChI is InChI=1S/C25H33N3O5/c1-7-8-28-23(15-11-17(31-4)24(33-6)18(12-15)32-5)20-21(26-27-22(20)25(28)30)19-14(3)9-13(2)10-16(19)29/h9-12,20-23,26-27,29H,7-8H2,1-6H3. The van der Waals surface area contributed by atoms with E-state index in [2.05, 4.69) is 23.8 Å². The molecule has 0 spiro atoms. The molecule has 0 aromatic heterocycles. The smallest absolute Gasteiger partial charge is 0.242 e. The van der Waals surface area contributed by atoms with Gasteiger partial charge in [-0.3, -0.25) is 4.79 Å². The summed E-state index contributed by atoms with van der Waals surface area (Å²) in [6.07, 6.45) is 0.832. The maximum absolute atomic E-state index is 13.5. The lowest BCUT2D eigenvalue weighted by Gasteiger charge is -2.32. The Hall–Kier alpha value is -2.97. The number of benzene rings is 2. The number of likely N-dealkylation sites (tertiary alicyclic amines) is 1. The van der Waals surface area contributed by atoms with Crippen molar-refractivity contribution in [2.45, 2.75) is 45.3 Å². The Bertz CT molecular complexity index is 1010. The molecule has 3 N–H and O–H groups in total. The second-order valence-electron chi connectivity index (χ2n) is 8.77. The van der Waals surface area contributed by atoms with E-state index in [1.807, 2.05) is 30.9 Å². The van der Waals surface area contributed by atoms with Crippen molar-refractivity contribution < 1.29 is 24.1 Å². The number of ether oxygens (including phenoxy) is 3. The van der Waals surface area contributed by atoms with Crippen LogP contribution in [0.4, 0.5) is 0 Å². The van der Waals surface area contributed by atoms with E-state index >= 15 is 0 Å². The topological polar surface area (TPSA) is 92.3 Å². The summed E-state index contributed by atoms with van der Waals surface area (Å²) < 4.78 is 16.7. The number of hydrogen-bond acceptors (Lipinski definition) is 7. The van der Waals surface area contributed by atoms with Crippen LogP contribution >= 0.6 is 0 Å². The molecule has 33 heavy (non-hydrogen) atoms. The number of rotatable bonds is 7. The summed E-state index contributed by atoms with van der Waals surface area (Å²) >= 11 is 0. The van der Waals surface area contributed by atoms with Crippen molar-refractivity contribution in [2.24, 2.45) is 5.92 Å². The zero-order chi connectivity index (χ0) is 23.9. The molecular weight excluding hydrogens is 422 g/mol. The monoisotopic (exact) mass is 455 g/mol. The van der Waals surface area contributed by atoms with E-state index in [0.29, 0.717) is 23.8 Å². The first kappa shape index (κ1) is 23.2. The molecule has 1 amide bonds. The van der Waals surface area contributed by atoms with Gasteiger partial charge in [0.05, 0.1) is 33.4 Å². The van der Waals surface area contributed by atoms with Crippen LogP contribution in [0.3, 0.4) is 0 Å². The predicted octanol–water partition coefficient (Wildman–Crippen LogP) is 3.16. The highest BCUT2D eigenvalue weighted by molar-refractivity contribution is 5.86. The van der Waals surface area contributed by atoms with Gasteiger partial charge in [-0.1, -0.05) is 13.0 Å². The molecule has 2 aromatic rings. The van der Waals surface area contributed by atoms with Crippen molar-refractivity contribution in [1.82, 2.24) is 15.8 Å². The summed E-state index contributed by atoms with van der Waals surface area (Å²) in [6, 6.07) is 6.74. The van der Waals surface area contributed by atoms with Crippen molar-refractivity contribution in [1.29, 1.82) is 0 Å². The highest BCUT2D eigenvalue weighted by Gasteiger charge is 2.56. The van der Waals surface area contributed by atoms with Crippen LogP contribution in [0.2, 0.25) is 0 Å². The summed E-state index contributed by atoms with van der Waals surface area (Å²) in [5.74, 6) is 1.72. The van der Waals surface area contributed by atoms with Crippen molar-refractivity contribution in [3.05, 3.63) is 46.5 Å². The summed E-state index contributed by atoms with van der Waals surface area (Å²) in [4.78, 5) is 15.4. The third-order valence-electron chi connectivity index (χ3n) is 6.73. The third kappa shape index (κ3) is 3.77. The minimum absolute atomic E-state index is 0.0415. The Morgan fingerprint density at radius 2 is 1.61 bits per heavy atom. The number of amides is 1. The first-order chi connectivity index (χ1) is 15.9. The molecule has 0 saturated carbocycles. The first-order valence-electron chi connectivity index (χ1n) is 11.3. The number of carbonyl (C=O) groups excluding carboxylic acids is 1. The Balaban J connectivity index is 1.87. The number of aromatic hydroxyl groups is 1. The average molecular weight is 456 g/mol. The zero-order valence-corrected chi connectivity index (χ0v) is 20.1. The van der Waals surface area contributed by atoms with Gasteiger partial charge in [0, 0.05) is 18.0 Å². The second kappa shape index (κ2) is 9.11. The van der Waals surface area contributed by atoms with Gasteiger partial charge in [-0.05, 0) is 55.2 Å². The highest BCUT2D eigenvalue weighted by atomic mass is 16.5. The van der Waals surface area contributed by atoms with Crippen molar-refractivity contribution in [3.63, 3.8) is 0 Å². The van der Waals surface area contributed by atoms with Crippen LogP contribution in [-0.4, -0.2) is 49.8 Å². The van der Waals surface area contributed by atoms with Crippen molar-refractivity contribution in [3.8, 4) is 23.0 Å². The number of hydrazine groups is 1. The predicted molar refractivity (Wildman–Crippen MR) is 125 cm³/mol. The number of nitrogens with one attached hydrogen (secondary N) is 2. The average Bonchev–Trinajstić information content (AvgIpc) is 3.31. The minimum atomic E-state index is -0.411. The van der Waals surface area contributed by atoms with Gasteiger partial charge in [0.1, 0.15) is 11.8 Å². The van der Waals surface area contributed by atoms with Gasteiger partial charge in [0.15, 0.2) is 11.5 Å². The molecule has 8 nitrogen and oxygen atoms in total. The van der Waals surface area contributed by atoms with Crippen LogP contribution in [0, 0.1) is 19.8 Å². The molecule has 4 rings (SSSR count). The van der Waals surface area contributed by atoms with Crippen LogP contribution in [0.5, 0.6) is 23.0 Å². The number of hydrogen-bond donors (Lipinski definition) is 3. The third-order valence-corrected chi connectivity index (χ3v) is 6.73. The lowest BCUT2D eigenvalue weighted by atomic mass is 9.81. The largest absolute Gasteiger partial charge is 0.508 e. The van der Waals surface area contributed by atoms with E-state index in [9.17, 15) is 9.90 Å². The van der Waals surface area contributed by atoms with E-state index in [0.717, 1.165) is 28.7 Å². The van der Waals surface area contributed by atoms with Gasteiger partial charge in [0.25, 0.3) is 0 Å². The lowest BCUT2D eigenvalue weighted by molar-refractivity contribution is -0.130. The molecule has 2 aliphatic rings. The first-order valence-corrected chi connectivity index (χ1v) is 11.3. The van der Waals surface area contributed by atoms with Gasteiger partial charge in [-0.15, -0.1) is 0 Å². The molecule has 4 atom stereocenters. The maximum Gasteiger partial charge on any atom is 0.242 e. The highest BCUT2D eigenvalue weighted by Crippen LogP contribution is 2.51. The fraction of sp³-hybridized carbons (Fsp3) is 0.480. The van der Waals surface area contributed by atoms with Crippen LogP contribution in [-0.2, 0) is 4.79 Å². The Morgan fingerprint density at radius 3 is 2.15 bits per heavy atom. The Morgan fingerprint density at radius 1 is 0.970 bits per heavy atom. The summed E-state index contributed by atoms with van der Waals surface area (Å²) in [5, 5.41) is 10.9. The maximum atomic E-state index is 13.5. The molecule has 0 bridgehead atoms. The normalized spacial score (nSPS) is 24.2. The molecule has 0 radical (unpaired) electrons. The van der Waals surface area contributed by atoms with E-state index in [1.165, 1.54) is 0 Å². The number of phenolic OH excluding ortho intramolecular Hbond substituents is 1. The number of nitrogens with zero attached hydrogens (tertiary/aromatic N) is 1. The van der Waals surface area contributed by atoms with E-state index < -0.39 is 6.04 Å². The SMILES string of the molecule is CCCN1C(=O)C2NNC(c3c(C)cc(C)cc3O)C2C1c1cc(OC)c(OC)c(OC)c1. The molecular formula is C25H33N3O5. The Kier molecular flexibility index (Phi) is 6.41. The van der Waals surface area contributed by atoms with E-state index in [1.54, 1.807) is 27.4 Å². The quantitative estimate of drug-likeness (QED) is 0.591. The number of carbonyl (C=O) groups is 1. The van der Waals surface area contributed by atoms with Gasteiger partial charge in [-0.2, -0.15) is 0 Å². The van der Waals surface area contributed by atoms with Gasteiger partial charge in [0.2, 0.25) is 11.7 Å². The number of phenols is 1. The zero-order valence-electron chi connectivity index (χ0n) is 20.1. The number of aryl methyl sites for hydroxylation is 2. The fourth-order valence-electron chi connectivity index (χ4n) is 5.47. The molecule has 2 saturated heterocycles. The second-order valence-corrected chi connectivity index (χ2v) is 8.77. The minimum Gasteiger partial charge on any atom is -0.508 e. The molecule has 8 heteroatoms. The van der Waals surface area contributed by atoms with Crippen LogP contribution in [0.15, 0.2) is 24.3 Å². The number of methoxy groups -OCH3 is 3. The van der Waals surface area contributed by atoms with Gasteiger partial charge in [-0.25, -0.2) is 10.9 Å². The lowest BCUT2D eigenvalue weighted by Crippen LogP contribution is -2.41. The molecule has 2 aromatic carbocycles. The molecule has 2 fully saturated rings. The summed E-state index contributed by atoms with van der Waals surface area (Å²) in [7, 11) is 4.74. The van der Waals surface area contributed by atoms with Crippen molar-refractivity contribution >= 4 is 5.91 Å². The van der Waals surface area contributed by atoms with Gasteiger partial charge >= 0.3 is 0 Å². The summed E-state index contributed by atoms with van der Waals surface area (Å²) in [5.41, 5.74) is 10.2. The van der Waals surface area contributed by atoms with Crippen LogP contribution < -0.4 is 25.1 Å². The molecule has 0 aliphatic carbocycles. The molecule has 178 valence electrons. The van der Waals surface area contributed by atoms with Crippen molar-refractivity contribution in [2.75, 3.05) is 27.9 Å². The van der Waals surface area contributed by atoms with E-state index in [-0.39, 0.29) is 29.7 Å². The molecule has 2 aliphatic heterocycles. The number of fused-ring (bicyclic) bond motifs is 1. The Labute approximate surface area is 194 Å².